The van der Waals surface area contributed by atoms with Gasteiger partial charge in [0.25, 0.3) is 0 Å². The molecule has 0 saturated carbocycles. The molecule has 5 nitrogen and oxygen atoms in total. The first-order valence-electron chi connectivity index (χ1n) is 8.63. The van der Waals surface area contributed by atoms with Gasteiger partial charge in [-0.25, -0.2) is 0 Å². The van der Waals surface area contributed by atoms with Crippen molar-refractivity contribution in [3.05, 3.63) is 57.6 Å². The quantitative estimate of drug-likeness (QED) is 0.752. The van der Waals surface area contributed by atoms with E-state index in [1.807, 2.05) is 35.2 Å². The number of aliphatic carboxylic acids is 1. The summed E-state index contributed by atoms with van der Waals surface area (Å²) in [7, 11) is 3.15. The second kappa shape index (κ2) is 8.38. The highest BCUT2D eigenvalue weighted by Gasteiger charge is 2.40. The number of benzene rings is 2. The van der Waals surface area contributed by atoms with Crippen LogP contribution in [0.5, 0.6) is 11.5 Å². The average Bonchev–Trinajstić information content (AvgIpc) is 3.15. The molecule has 1 heterocycles. The van der Waals surface area contributed by atoms with Crippen LogP contribution in [0.2, 0.25) is 10.0 Å². The van der Waals surface area contributed by atoms with Gasteiger partial charge in [-0.05, 0) is 36.6 Å². The zero-order chi connectivity index (χ0) is 19.6. The van der Waals surface area contributed by atoms with Gasteiger partial charge in [0.2, 0.25) is 0 Å². The second-order valence-electron chi connectivity index (χ2n) is 6.36. The van der Waals surface area contributed by atoms with Crippen molar-refractivity contribution in [2.45, 2.75) is 24.9 Å². The molecule has 144 valence electrons. The predicted molar refractivity (Wildman–Crippen MR) is 105 cm³/mol. The molecule has 0 radical (unpaired) electrons. The van der Waals surface area contributed by atoms with Crippen LogP contribution in [0.4, 0.5) is 0 Å². The van der Waals surface area contributed by atoms with Gasteiger partial charge in [0.15, 0.2) is 0 Å². The standard InChI is InChI=1S/C20H21Cl2NO4/c1-26-15-9-4-10-16(27-2)17(15)19(12-6-3-7-13(21)18(12)22)23-11-5-8-14(23)20(24)25/h3-4,6-7,9-10,14,19H,5,8,11H2,1-2H3,(H,24,25). The highest BCUT2D eigenvalue weighted by molar-refractivity contribution is 6.42. The van der Waals surface area contributed by atoms with E-state index in [1.165, 1.54) is 0 Å². The maximum atomic E-state index is 11.9. The van der Waals surface area contributed by atoms with Crippen LogP contribution in [0.3, 0.4) is 0 Å². The topological polar surface area (TPSA) is 59.0 Å². The van der Waals surface area contributed by atoms with Crippen molar-refractivity contribution in [2.24, 2.45) is 0 Å². The highest BCUT2D eigenvalue weighted by Crippen LogP contribution is 2.46. The Labute approximate surface area is 168 Å². The van der Waals surface area contributed by atoms with E-state index in [-0.39, 0.29) is 0 Å². The maximum Gasteiger partial charge on any atom is 0.320 e. The van der Waals surface area contributed by atoms with E-state index in [2.05, 4.69) is 0 Å². The third-order valence-corrected chi connectivity index (χ3v) is 5.76. The zero-order valence-electron chi connectivity index (χ0n) is 15.1. The van der Waals surface area contributed by atoms with Crippen molar-refractivity contribution >= 4 is 29.2 Å². The van der Waals surface area contributed by atoms with Gasteiger partial charge in [0.05, 0.1) is 35.9 Å². The number of hydrogen-bond acceptors (Lipinski definition) is 4. The van der Waals surface area contributed by atoms with E-state index in [1.54, 1.807) is 20.3 Å². The Hall–Kier alpha value is -1.95. The Kier molecular flexibility index (Phi) is 6.15. The largest absolute Gasteiger partial charge is 0.496 e. The van der Waals surface area contributed by atoms with Crippen LogP contribution in [-0.2, 0) is 4.79 Å². The third kappa shape index (κ3) is 3.72. The van der Waals surface area contributed by atoms with Gasteiger partial charge < -0.3 is 14.6 Å². The van der Waals surface area contributed by atoms with E-state index in [0.717, 1.165) is 17.5 Å². The fourth-order valence-electron chi connectivity index (χ4n) is 3.74. The highest BCUT2D eigenvalue weighted by atomic mass is 35.5. The molecule has 1 aliphatic rings. The van der Waals surface area contributed by atoms with Gasteiger partial charge in [0, 0.05) is 6.54 Å². The summed E-state index contributed by atoms with van der Waals surface area (Å²) in [5, 5.41) is 10.6. The summed E-state index contributed by atoms with van der Waals surface area (Å²) in [6.45, 7) is 0.617. The number of hydrogen-bond donors (Lipinski definition) is 1. The van der Waals surface area contributed by atoms with E-state index >= 15 is 0 Å². The molecule has 2 unspecified atom stereocenters. The molecular formula is C20H21Cl2NO4. The molecule has 27 heavy (non-hydrogen) atoms. The van der Waals surface area contributed by atoms with Gasteiger partial charge >= 0.3 is 5.97 Å². The molecule has 1 fully saturated rings. The van der Waals surface area contributed by atoms with Crippen molar-refractivity contribution < 1.29 is 19.4 Å². The van der Waals surface area contributed by atoms with Crippen molar-refractivity contribution in [3.8, 4) is 11.5 Å². The number of methoxy groups -OCH3 is 2. The molecule has 1 N–H and O–H groups in total. The molecule has 2 atom stereocenters. The number of likely N-dealkylation sites (tertiary alicyclic amines) is 1. The van der Waals surface area contributed by atoms with Crippen LogP contribution < -0.4 is 9.47 Å². The number of ether oxygens (including phenoxy) is 2. The first kappa shape index (κ1) is 19.8. The lowest BCUT2D eigenvalue weighted by molar-refractivity contribution is -0.142. The van der Waals surface area contributed by atoms with Gasteiger partial charge in [-0.1, -0.05) is 41.4 Å². The van der Waals surface area contributed by atoms with Crippen molar-refractivity contribution in [2.75, 3.05) is 20.8 Å². The third-order valence-electron chi connectivity index (χ3n) is 4.93. The number of carboxylic acid groups (broad SMARTS) is 1. The summed E-state index contributed by atoms with van der Waals surface area (Å²) in [4.78, 5) is 13.8. The first-order chi connectivity index (χ1) is 13.0. The maximum absolute atomic E-state index is 11.9. The van der Waals surface area contributed by atoms with Crippen LogP contribution >= 0.6 is 23.2 Å². The fourth-order valence-corrected chi connectivity index (χ4v) is 4.16. The monoisotopic (exact) mass is 409 g/mol. The van der Waals surface area contributed by atoms with Crippen LogP contribution in [-0.4, -0.2) is 42.8 Å². The van der Waals surface area contributed by atoms with E-state index in [0.29, 0.717) is 34.5 Å². The molecule has 0 aromatic heterocycles. The van der Waals surface area contributed by atoms with E-state index in [9.17, 15) is 9.90 Å². The summed E-state index contributed by atoms with van der Waals surface area (Å²) in [5.74, 6) is 0.349. The molecule has 0 amide bonds. The van der Waals surface area contributed by atoms with Crippen molar-refractivity contribution in [1.82, 2.24) is 4.90 Å². The minimum Gasteiger partial charge on any atom is -0.496 e. The number of carbonyl (C=O) groups is 1. The average molecular weight is 410 g/mol. The molecule has 0 bridgehead atoms. The summed E-state index contributed by atoms with van der Waals surface area (Å²) in [6.07, 6.45) is 1.35. The summed E-state index contributed by atoms with van der Waals surface area (Å²) in [5.41, 5.74) is 1.46. The molecule has 1 aliphatic heterocycles. The minimum absolute atomic E-state index is 0.396. The lowest BCUT2D eigenvalue weighted by Crippen LogP contribution is -2.39. The number of halogens is 2. The second-order valence-corrected chi connectivity index (χ2v) is 7.14. The molecule has 2 aromatic rings. The Morgan fingerprint density at radius 1 is 1.15 bits per heavy atom. The molecule has 7 heteroatoms. The predicted octanol–water partition coefficient (Wildman–Crippen LogP) is 4.65. The summed E-state index contributed by atoms with van der Waals surface area (Å²) >= 11 is 12.8. The summed E-state index contributed by atoms with van der Waals surface area (Å²) < 4.78 is 11.2. The van der Waals surface area contributed by atoms with Crippen LogP contribution in [0.15, 0.2) is 36.4 Å². The molecule has 2 aromatic carbocycles. The minimum atomic E-state index is -0.857. The van der Waals surface area contributed by atoms with Gasteiger partial charge in [-0.3, -0.25) is 9.69 Å². The van der Waals surface area contributed by atoms with Gasteiger partial charge in [-0.2, -0.15) is 0 Å². The first-order valence-corrected chi connectivity index (χ1v) is 9.38. The Bertz CT molecular complexity index is 820. The van der Waals surface area contributed by atoms with Crippen molar-refractivity contribution in [3.63, 3.8) is 0 Å². The SMILES string of the molecule is COc1cccc(OC)c1C(c1cccc(Cl)c1Cl)N1CCCC1C(=O)O. The normalized spacial score (nSPS) is 18.3. The molecule has 0 aliphatic carbocycles. The number of carboxylic acids is 1. The molecular weight excluding hydrogens is 389 g/mol. The van der Waals surface area contributed by atoms with Crippen molar-refractivity contribution in [1.29, 1.82) is 0 Å². The number of nitrogens with zero attached hydrogens (tertiary/aromatic N) is 1. The summed E-state index contributed by atoms with van der Waals surface area (Å²) in [6, 6.07) is 9.78. The van der Waals surface area contributed by atoms with Crippen LogP contribution in [0.25, 0.3) is 0 Å². The van der Waals surface area contributed by atoms with Gasteiger partial charge in [-0.15, -0.1) is 0 Å². The molecule has 3 rings (SSSR count). The zero-order valence-corrected chi connectivity index (χ0v) is 16.6. The number of rotatable bonds is 6. The lowest BCUT2D eigenvalue weighted by atomic mass is 9.94. The smallest absolute Gasteiger partial charge is 0.320 e. The van der Waals surface area contributed by atoms with E-state index in [4.69, 9.17) is 32.7 Å². The van der Waals surface area contributed by atoms with Crippen LogP contribution in [0, 0.1) is 0 Å². The van der Waals surface area contributed by atoms with Crippen LogP contribution in [0.1, 0.15) is 30.0 Å². The lowest BCUT2D eigenvalue weighted by Gasteiger charge is -2.34. The molecule has 1 saturated heterocycles. The van der Waals surface area contributed by atoms with Gasteiger partial charge in [0.1, 0.15) is 17.5 Å². The Balaban J connectivity index is 2.26. The van der Waals surface area contributed by atoms with E-state index < -0.39 is 18.1 Å². The molecule has 0 spiro atoms. The Morgan fingerprint density at radius 3 is 2.37 bits per heavy atom. The fraction of sp³-hybridized carbons (Fsp3) is 0.350. The Morgan fingerprint density at radius 2 is 1.78 bits per heavy atom.